The first kappa shape index (κ1) is 26.2. The summed E-state index contributed by atoms with van der Waals surface area (Å²) in [7, 11) is 0. The molecule has 2 N–H and O–H groups in total. The molecule has 0 bridgehead atoms. The van der Waals surface area contributed by atoms with E-state index in [0.717, 1.165) is 34.7 Å². The number of carbonyl (C=O) groups excluding carboxylic acids is 1. The van der Waals surface area contributed by atoms with Crippen LogP contribution in [-0.2, 0) is 23.3 Å². The summed E-state index contributed by atoms with van der Waals surface area (Å²) in [6.45, 7) is 9.17. The van der Waals surface area contributed by atoms with Crippen LogP contribution < -0.4 is 5.32 Å². The molecule has 0 spiro atoms. The van der Waals surface area contributed by atoms with E-state index in [4.69, 9.17) is 4.98 Å². The normalized spacial score (nSPS) is 11.6. The van der Waals surface area contributed by atoms with Gasteiger partial charge in [0.15, 0.2) is 0 Å². The average molecular weight is 522 g/mol. The van der Waals surface area contributed by atoms with Crippen LogP contribution in [0.3, 0.4) is 0 Å². The van der Waals surface area contributed by atoms with E-state index >= 15 is 0 Å². The number of thiophene rings is 1. The molecule has 4 rings (SSSR count). The maximum absolute atomic E-state index is 13.3. The molecular formula is C26H31N7O3S. The van der Waals surface area contributed by atoms with Gasteiger partial charge in [0.25, 0.3) is 11.9 Å². The quantitative estimate of drug-likeness (QED) is 0.318. The van der Waals surface area contributed by atoms with E-state index in [1.807, 2.05) is 24.4 Å². The van der Waals surface area contributed by atoms with Crippen molar-refractivity contribution in [1.82, 2.24) is 34.6 Å². The minimum Gasteiger partial charge on any atom is -0.480 e. The molecule has 4 heterocycles. The zero-order chi connectivity index (χ0) is 26.7. The molecule has 0 radical (unpaired) electrons. The summed E-state index contributed by atoms with van der Waals surface area (Å²) < 4.78 is 3.22. The Morgan fingerprint density at radius 3 is 2.62 bits per heavy atom. The van der Waals surface area contributed by atoms with E-state index in [0.29, 0.717) is 29.3 Å². The van der Waals surface area contributed by atoms with Gasteiger partial charge in [-0.15, -0.1) is 11.3 Å². The van der Waals surface area contributed by atoms with Crippen LogP contribution in [0.25, 0.3) is 16.5 Å². The number of carboxylic acids is 1. The monoisotopic (exact) mass is 521 g/mol. The fourth-order valence-corrected chi connectivity index (χ4v) is 4.82. The Bertz CT molecular complexity index is 1420. The Hall–Kier alpha value is -3.86. The lowest BCUT2D eigenvalue weighted by Gasteiger charge is -2.24. The van der Waals surface area contributed by atoms with Crippen molar-refractivity contribution in [1.29, 1.82) is 0 Å². The first-order chi connectivity index (χ1) is 17.6. The fraction of sp³-hybridized carbons (Fsp3) is 0.385. The summed E-state index contributed by atoms with van der Waals surface area (Å²) >= 11 is 1.61. The third kappa shape index (κ3) is 5.17. The number of unbranched alkanes of at least 4 members (excludes halogenated alkanes) is 1. The Balaban J connectivity index is 1.64. The van der Waals surface area contributed by atoms with Gasteiger partial charge in [-0.05, 0) is 57.5 Å². The minimum absolute atomic E-state index is 0.128. The summed E-state index contributed by atoms with van der Waals surface area (Å²) in [5, 5.41) is 19.1. The summed E-state index contributed by atoms with van der Waals surface area (Å²) in [5.41, 5.74) is 3.06. The summed E-state index contributed by atoms with van der Waals surface area (Å²) in [5.74, 6) is -0.875. The number of aromatic nitrogens is 6. The largest absolute Gasteiger partial charge is 0.480 e. The maximum Gasteiger partial charge on any atom is 0.329 e. The lowest BCUT2D eigenvalue weighted by molar-refractivity contribution is -0.145. The Morgan fingerprint density at radius 2 is 1.95 bits per heavy atom. The van der Waals surface area contributed by atoms with Gasteiger partial charge < -0.3 is 15.0 Å². The van der Waals surface area contributed by atoms with Gasteiger partial charge in [-0.3, -0.25) is 4.79 Å². The van der Waals surface area contributed by atoms with Crippen molar-refractivity contribution in [3.63, 3.8) is 0 Å². The molecule has 0 fully saturated rings. The van der Waals surface area contributed by atoms with Gasteiger partial charge in [-0.2, -0.15) is 5.10 Å². The number of aryl methyl sites for hydroxylation is 2. The first-order valence-corrected chi connectivity index (χ1v) is 13.0. The van der Waals surface area contributed by atoms with E-state index in [1.54, 1.807) is 53.8 Å². The minimum atomic E-state index is -1.21. The molecule has 10 nitrogen and oxygen atoms in total. The molecule has 0 saturated carbocycles. The zero-order valence-corrected chi connectivity index (χ0v) is 22.5. The van der Waals surface area contributed by atoms with E-state index in [-0.39, 0.29) is 12.5 Å². The maximum atomic E-state index is 13.3. The Labute approximate surface area is 219 Å². The smallest absolute Gasteiger partial charge is 0.329 e. The van der Waals surface area contributed by atoms with Gasteiger partial charge in [-0.25, -0.2) is 24.4 Å². The molecule has 0 aliphatic heterocycles. The summed E-state index contributed by atoms with van der Waals surface area (Å²) in [6.07, 6.45) is 7.26. The third-order valence-electron chi connectivity index (χ3n) is 6.40. The molecule has 0 aliphatic carbocycles. The molecule has 37 heavy (non-hydrogen) atoms. The fourth-order valence-electron chi connectivity index (χ4n) is 4.04. The van der Waals surface area contributed by atoms with E-state index in [2.05, 4.69) is 27.3 Å². The van der Waals surface area contributed by atoms with Gasteiger partial charge >= 0.3 is 5.97 Å². The molecule has 4 aromatic heterocycles. The van der Waals surface area contributed by atoms with Crippen LogP contribution in [-0.4, -0.2) is 46.3 Å². The highest BCUT2D eigenvalue weighted by Crippen LogP contribution is 2.27. The van der Waals surface area contributed by atoms with Crippen molar-refractivity contribution in [2.75, 3.05) is 0 Å². The number of hydrogen-bond acceptors (Lipinski definition) is 7. The van der Waals surface area contributed by atoms with Crippen LogP contribution in [0, 0.1) is 13.8 Å². The molecule has 4 aromatic rings. The number of aliphatic carboxylic acids is 1. The van der Waals surface area contributed by atoms with Crippen molar-refractivity contribution >= 4 is 23.2 Å². The second-order valence-corrected chi connectivity index (χ2v) is 10.3. The van der Waals surface area contributed by atoms with Gasteiger partial charge in [0.05, 0.1) is 52.3 Å². The number of rotatable bonds is 10. The van der Waals surface area contributed by atoms with Crippen molar-refractivity contribution in [2.24, 2.45) is 0 Å². The van der Waals surface area contributed by atoms with Crippen LogP contribution >= 0.6 is 11.3 Å². The zero-order valence-electron chi connectivity index (χ0n) is 21.6. The van der Waals surface area contributed by atoms with Crippen LogP contribution in [0.15, 0.2) is 36.2 Å². The first-order valence-electron chi connectivity index (χ1n) is 12.1. The average Bonchev–Trinajstić information content (AvgIpc) is 3.62. The van der Waals surface area contributed by atoms with Crippen molar-refractivity contribution in [3.8, 4) is 16.5 Å². The van der Waals surface area contributed by atoms with Gasteiger partial charge in [0.2, 0.25) is 0 Å². The number of imidazole rings is 1. The summed E-state index contributed by atoms with van der Waals surface area (Å²) in [4.78, 5) is 39.7. The Kier molecular flexibility index (Phi) is 7.53. The molecule has 0 saturated heterocycles. The Morgan fingerprint density at radius 1 is 1.16 bits per heavy atom. The van der Waals surface area contributed by atoms with Gasteiger partial charge in [0.1, 0.15) is 5.54 Å². The second kappa shape index (κ2) is 10.6. The number of carboxylic acid groups (broad SMARTS) is 1. The lowest BCUT2D eigenvalue weighted by atomic mass is 10.1. The van der Waals surface area contributed by atoms with Gasteiger partial charge in [-0.1, -0.05) is 19.4 Å². The van der Waals surface area contributed by atoms with Crippen LogP contribution in [0.4, 0.5) is 0 Å². The SMILES string of the molecule is CCCCc1c(C(=O)NCc2c(C)ncn2C(C)(C)C(=O)O)cnn1-c1ncc(C)c(-c2cccs2)n1. The lowest BCUT2D eigenvalue weighted by Crippen LogP contribution is -2.37. The third-order valence-corrected chi connectivity index (χ3v) is 7.28. The van der Waals surface area contributed by atoms with Crippen molar-refractivity contribution < 1.29 is 14.7 Å². The molecular weight excluding hydrogens is 490 g/mol. The van der Waals surface area contributed by atoms with Crippen molar-refractivity contribution in [2.45, 2.75) is 66.0 Å². The second-order valence-electron chi connectivity index (χ2n) is 9.39. The highest BCUT2D eigenvalue weighted by molar-refractivity contribution is 7.13. The predicted octanol–water partition coefficient (Wildman–Crippen LogP) is 4.30. The number of amides is 1. The molecule has 11 heteroatoms. The number of nitrogens with zero attached hydrogens (tertiary/aromatic N) is 6. The molecule has 0 unspecified atom stereocenters. The van der Waals surface area contributed by atoms with E-state index in [9.17, 15) is 14.7 Å². The standard InChI is InChI=1S/C26H31N7O3S/c1-6-7-9-19-18(23(34)27-14-20-17(3)29-15-32(20)26(4,5)24(35)36)13-30-33(19)25-28-12-16(2)22(31-25)21-10-8-11-37-21/h8,10-13,15H,6-7,9,14H2,1-5H3,(H,27,34)(H,35,36). The van der Waals surface area contributed by atoms with Crippen LogP contribution in [0.5, 0.6) is 0 Å². The van der Waals surface area contributed by atoms with E-state index in [1.165, 1.54) is 6.33 Å². The molecule has 0 aliphatic rings. The van der Waals surface area contributed by atoms with Gasteiger partial charge in [0, 0.05) is 6.20 Å². The molecule has 0 atom stereocenters. The predicted molar refractivity (Wildman–Crippen MR) is 141 cm³/mol. The number of carbonyl (C=O) groups is 2. The topological polar surface area (TPSA) is 128 Å². The molecule has 194 valence electrons. The van der Waals surface area contributed by atoms with Crippen molar-refractivity contribution in [3.05, 3.63) is 64.4 Å². The van der Waals surface area contributed by atoms with Crippen LogP contribution in [0.1, 0.15) is 66.6 Å². The van der Waals surface area contributed by atoms with E-state index < -0.39 is 11.5 Å². The van der Waals surface area contributed by atoms with Crippen LogP contribution in [0.2, 0.25) is 0 Å². The summed E-state index contributed by atoms with van der Waals surface area (Å²) in [6, 6.07) is 4.00. The molecule has 0 aromatic carbocycles. The number of hydrogen-bond donors (Lipinski definition) is 2. The molecule has 1 amide bonds. The highest BCUT2D eigenvalue weighted by atomic mass is 32.1. The highest BCUT2D eigenvalue weighted by Gasteiger charge is 2.32. The number of nitrogens with one attached hydrogen (secondary N) is 1.